The van der Waals surface area contributed by atoms with E-state index in [-0.39, 0.29) is 5.91 Å². The zero-order valence-corrected chi connectivity index (χ0v) is 13.6. The van der Waals surface area contributed by atoms with Gasteiger partial charge in [0.25, 0.3) is 5.91 Å². The second-order valence-electron chi connectivity index (χ2n) is 5.29. The molecular formula is C14H25N5OS. The third-order valence-electron chi connectivity index (χ3n) is 3.79. The monoisotopic (exact) mass is 311 g/mol. The fraction of sp³-hybridized carbons (Fsp3) is 0.714. The molecule has 21 heavy (non-hydrogen) atoms. The van der Waals surface area contributed by atoms with Crippen LogP contribution in [0.2, 0.25) is 0 Å². The first-order chi connectivity index (χ1) is 10.2. The predicted molar refractivity (Wildman–Crippen MR) is 87.9 cm³/mol. The minimum atomic E-state index is -0.113. The molecule has 118 valence electrons. The number of hydrogen-bond donors (Lipinski definition) is 3. The van der Waals surface area contributed by atoms with Crippen molar-refractivity contribution in [2.24, 2.45) is 0 Å². The van der Waals surface area contributed by atoms with Crippen LogP contribution in [0.5, 0.6) is 0 Å². The summed E-state index contributed by atoms with van der Waals surface area (Å²) in [6, 6.07) is 0.450. The number of likely N-dealkylation sites (tertiary alicyclic amines) is 1. The molecule has 0 radical (unpaired) electrons. The normalized spacial score (nSPS) is 18.9. The van der Waals surface area contributed by atoms with Gasteiger partial charge < -0.3 is 16.4 Å². The van der Waals surface area contributed by atoms with E-state index in [0.29, 0.717) is 23.3 Å². The van der Waals surface area contributed by atoms with E-state index >= 15 is 0 Å². The highest BCUT2D eigenvalue weighted by atomic mass is 32.1. The van der Waals surface area contributed by atoms with Crippen molar-refractivity contribution in [3.8, 4) is 0 Å². The molecule has 2 heterocycles. The highest BCUT2D eigenvalue weighted by molar-refractivity contribution is 7.18. The molecule has 1 aliphatic heterocycles. The summed E-state index contributed by atoms with van der Waals surface area (Å²) in [6.45, 7) is 7.92. The van der Waals surface area contributed by atoms with Crippen LogP contribution < -0.4 is 16.4 Å². The van der Waals surface area contributed by atoms with Crippen molar-refractivity contribution in [1.82, 2.24) is 15.2 Å². The maximum Gasteiger partial charge on any atom is 0.265 e. The molecule has 1 saturated heterocycles. The summed E-state index contributed by atoms with van der Waals surface area (Å²) in [7, 11) is 0. The van der Waals surface area contributed by atoms with Crippen molar-refractivity contribution < 1.29 is 4.79 Å². The van der Waals surface area contributed by atoms with Crippen molar-refractivity contribution in [1.29, 1.82) is 0 Å². The molecule has 1 atom stereocenters. The number of thiazole rings is 1. The second-order valence-corrected chi connectivity index (χ2v) is 6.29. The zero-order valence-electron chi connectivity index (χ0n) is 12.8. The summed E-state index contributed by atoms with van der Waals surface area (Å²) >= 11 is 1.32. The molecular weight excluding hydrogens is 286 g/mol. The number of nitrogens with one attached hydrogen (secondary N) is 2. The van der Waals surface area contributed by atoms with E-state index in [0.717, 1.165) is 37.6 Å². The van der Waals surface area contributed by atoms with Crippen LogP contribution in [0, 0.1) is 0 Å². The molecule has 4 N–H and O–H groups in total. The number of amides is 1. The van der Waals surface area contributed by atoms with E-state index in [1.165, 1.54) is 17.8 Å². The summed E-state index contributed by atoms with van der Waals surface area (Å²) in [6.07, 6.45) is 3.37. The molecule has 0 aromatic carbocycles. The van der Waals surface area contributed by atoms with Gasteiger partial charge in [0, 0.05) is 19.1 Å². The van der Waals surface area contributed by atoms with E-state index in [1.807, 2.05) is 0 Å². The van der Waals surface area contributed by atoms with Crippen LogP contribution in [0.4, 0.5) is 10.9 Å². The smallest absolute Gasteiger partial charge is 0.265 e. The molecule has 1 fully saturated rings. The largest absolute Gasteiger partial charge is 0.382 e. The van der Waals surface area contributed by atoms with Gasteiger partial charge in [0.2, 0.25) is 0 Å². The number of nitrogen functional groups attached to an aromatic ring is 1. The van der Waals surface area contributed by atoms with Gasteiger partial charge in [0.15, 0.2) is 5.13 Å². The Morgan fingerprint density at radius 3 is 3.05 bits per heavy atom. The van der Waals surface area contributed by atoms with Gasteiger partial charge in [-0.1, -0.05) is 25.2 Å². The molecule has 1 aromatic rings. The van der Waals surface area contributed by atoms with E-state index in [9.17, 15) is 4.79 Å². The molecule has 1 aromatic heterocycles. The van der Waals surface area contributed by atoms with Crippen molar-refractivity contribution in [2.75, 3.05) is 37.2 Å². The molecule has 0 bridgehead atoms. The quantitative estimate of drug-likeness (QED) is 0.715. The number of nitrogens with two attached hydrogens (primary N) is 1. The minimum absolute atomic E-state index is 0.113. The number of aromatic nitrogens is 1. The lowest BCUT2D eigenvalue weighted by molar-refractivity contribution is 0.0946. The third-order valence-corrected chi connectivity index (χ3v) is 4.82. The first-order valence-corrected chi connectivity index (χ1v) is 8.49. The molecule has 1 aliphatic rings. The standard InChI is InChI=1S/C14H25N5OS/c1-3-7-16-14-18-12(15)11(21-14)13(20)17-9-10-6-5-8-19(10)4-2/h10H,3-9,15H2,1-2H3,(H,16,18)(H,17,20). The lowest BCUT2D eigenvalue weighted by Gasteiger charge is -2.22. The van der Waals surface area contributed by atoms with Crippen LogP contribution >= 0.6 is 11.3 Å². The van der Waals surface area contributed by atoms with Crippen LogP contribution in [-0.2, 0) is 0 Å². The first-order valence-electron chi connectivity index (χ1n) is 7.68. The molecule has 7 heteroatoms. The SMILES string of the molecule is CCCNc1nc(N)c(C(=O)NCC2CCCN2CC)s1. The number of hydrogen-bond acceptors (Lipinski definition) is 6. The molecule has 6 nitrogen and oxygen atoms in total. The number of rotatable bonds is 7. The van der Waals surface area contributed by atoms with Crippen molar-refractivity contribution >= 4 is 28.2 Å². The van der Waals surface area contributed by atoms with Gasteiger partial charge in [-0.3, -0.25) is 9.69 Å². The highest BCUT2D eigenvalue weighted by Gasteiger charge is 2.24. The average molecular weight is 311 g/mol. The molecule has 0 spiro atoms. The summed E-state index contributed by atoms with van der Waals surface area (Å²) in [5, 5.41) is 6.88. The topological polar surface area (TPSA) is 83.3 Å². The number of likely N-dealkylation sites (N-methyl/N-ethyl adjacent to an activating group) is 1. The Labute approximate surface area is 130 Å². The summed E-state index contributed by atoms with van der Waals surface area (Å²) < 4.78 is 0. The third kappa shape index (κ3) is 4.07. The lowest BCUT2D eigenvalue weighted by atomic mass is 10.2. The first kappa shape index (κ1) is 16.0. The zero-order chi connectivity index (χ0) is 15.2. The average Bonchev–Trinajstić information content (AvgIpc) is 3.08. The predicted octanol–water partition coefficient (Wildman–Crippen LogP) is 1.76. The van der Waals surface area contributed by atoms with Crippen molar-refractivity contribution in [3.05, 3.63) is 4.88 Å². The number of anilines is 2. The molecule has 1 amide bonds. The summed E-state index contributed by atoms with van der Waals surface area (Å²) in [5.74, 6) is 0.201. The summed E-state index contributed by atoms with van der Waals surface area (Å²) in [4.78, 5) is 19.3. The van der Waals surface area contributed by atoms with Crippen LogP contribution in [-0.4, -0.2) is 48.0 Å². The van der Waals surface area contributed by atoms with E-state index in [4.69, 9.17) is 5.73 Å². The van der Waals surface area contributed by atoms with Crippen molar-refractivity contribution in [2.45, 2.75) is 39.2 Å². The van der Waals surface area contributed by atoms with Gasteiger partial charge in [-0.05, 0) is 32.4 Å². The second kappa shape index (κ2) is 7.61. The number of carbonyl (C=O) groups is 1. The summed E-state index contributed by atoms with van der Waals surface area (Å²) in [5.41, 5.74) is 5.84. The van der Waals surface area contributed by atoms with Crippen molar-refractivity contribution in [3.63, 3.8) is 0 Å². The maximum atomic E-state index is 12.2. The molecule has 0 saturated carbocycles. The van der Waals surface area contributed by atoms with Gasteiger partial charge in [-0.25, -0.2) is 4.98 Å². The Kier molecular flexibility index (Phi) is 5.81. The van der Waals surface area contributed by atoms with Gasteiger partial charge in [-0.2, -0.15) is 0 Å². The Morgan fingerprint density at radius 1 is 1.52 bits per heavy atom. The maximum absolute atomic E-state index is 12.2. The fourth-order valence-corrected chi connectivity index (χ4v) is 3.46. The van der Waals surface area contributed by atoms with Crippen LogP contribution in [0.15, 0.2) is 0 Å². The van der Waals surface area contributed by atoms with Crippen LogP contribution in [0.25, 0.3) is 0 Å². The van der Waals surface area contributed by atoms with Gasteiger partial charge >= 0.3 is 0 Å². The Balaban J connectivity index is 1.89. The van der Waals surface area contributed by atoms with E-state index < -0.39 is 0 Å². The number of carbonyl (C=O) groups excluding carboxylic acids is 1. The van der Waals surface area contributed by atoms with Crippen LogP contribution in [0.3, 0.4) is 0 Å². The Bertz CT molecular complexity index is 476. The van der Waals surface area contributed by atoms with Gasteiger partial charge in [0.05, 0.1) is 0 Å². The lowest BCUT2D eigenvalue weighted by Crippen LogP contribution is -2.39. The van der Waals surface area contributed by atoms with Gasteiger partial charge in [-0.15, -0.1) is 0 Å². The Hall–Kier alpha value is -1.34. The minimum Gasteiger partial charge on any atom is -0.382 e. The van der Waals surface area contributed by atoms with E-state index in [1.54, 1.807) is 0 Å². The molecule has 1 unspecified atom stereocenters. The number of nitrogens with zero attached hydrogens (tertiary/aromatic N) is 2. The molecule has 0 aliphatic carbocycles. The highest BCUT2D eigenvalue weighted by Crippen LogP contribution is 2.25. The van der Waals surface area contributed by atoms with Gasteiger partial charge in [0.1, 0.15) is 10.7 Å². The van der Waals surface area contributed by atoms with E-state index in [2.05, 4.69) is 34.4 Å². The Morgan fingerprint density at radius 2 is 2.33 bits per heavy atom. The fourth-order valence-electron chi connectivity index (χ4n) is 2.64. The molecule has 2 rings (SSSR count). The van der Waals surface area contributed by atoms with Crippen LogP contribution in [0.1, 0.15) is 42.8 Å².